The summed E-state index contributed by atoms with van der Waals surface area (Å²) in [6, 6.07) is 0. The Bertz CT molecular complexity index is 190. The van der Waals surface area contributed by atoms with Gasteiger partial charge < -0.3 is 9.64 Å². The van der Waals surface area contributed by atoms with Crippen LogP contribution in [-0.4, -0.2) is 38.1 Å². The molecule has 0 heterocycles. The second-order valence-electron chi connectivity index (χ2n) is 4.44. The van der Waals surface area contributed by atoms with Gasteiger partial charge in [-0.15, -0.1) is 0 Å². The number of hydrogen-bond donors (Lipinski definition) is 0. The van der Waals surface area contributed by atoms with Crippen LogP contribution < -0.4 is 0 Å². The van der Waals surface area contributed by atoms with Gasteiger partial charge in [-0.25, -0.2) is 0 Å². The van der Waals surface area contributed by atoms with Crippen molar-refractivity contribution < 1.29 is 9.53 Å². The summed E-state index contributed by atoms with van der Waals surface area (Å²) in [6.45, 7) is 3.85. The molecule has 1 unspecified atom stereocenters. The average Bonchev–Trinajstić information content (AvgIpc) is 2.10. The molecule has 1 aliphatic carbocycles. The third-order valence-electron chi connectivity index (χ3n) is 2.98. The van der Waals surface area contributed by atoms with Gasteiger partial charge in [-0.05, 0) is 25.8 Å². The molecule has 1 saturated carbocycles. The van der Waals surface area contributed by atoms with Gasteiger partial charge >= 0.3 is 5.97 Å². The van der Waals surface area contributed by atoms with Gasteiger partial charge in [0.2, 0.25) is 0 Å². The standard InChI is InChI=1S/C11H21NO2/c1-9(11(13)14-3)7-12(2)8-10-5-4-6-10/h9-10H,4-8H2,1-3H3. The summed E-state index contributed by atoms with van der Waals surface area (Å²) in [4.78, 5) is 13.4. The lowest BCUT2D eigenvalue weighted by molar-refractivity contribution is -0.145. The largest absolute Gasteiger partial charge is 0.469 e. The molecule has 14 heavy (non-hydrogen) atoms. The van der Waals surface area contributed by atoms with E-state index in [0.717, 1.165) is 19.0 Å². The SMILES string of the molecule is COC(=O)C(C)CN(C)CC1CCC1. The van der Waals surface area contributed by atoms with Gasteiger partial charge in [0, 0.05) is 13.1 Å². The van der Waals surface area contributed by atoms with E-state index in [1.807, 2.05) is 6.92 Å². The monoisotopic (exact) mass is 199 g/mol. The Kier molecular flexibility index (Phi) is 4.39. The number of ether oxygens (including phenoxy) is 1. The molecule has 82 valence electrons. The fraction of sp³-hybridized carbons (Fsp3) is 0.909. The molecule has 0 bridgehead atoms. The normalized spacial score (nSPS) is 19.1. The smallest absolute Gasteiger partial charge is 0.309 e. The number of esters is 1. The van der Waals surface area contributed by atoms with Gasteiger partial charge in [0.05, 0.1) is 13.0 Å². The fourth-order valence-corrected chi connectivity index (χ4v) is 1.93. The van der Waals surface area contributed by atoms with Gasteiger partial charge in [-0.1, -0.05) is 13.3 Å². The molecule has 0 aromatic carbocycles. The summed E-state index contributed by atoms with van der Waals surface area (Å²) >= 11 is 0. The van der Waals surface area contributed by atoms with Gasteiger partial charge in [0.1, 0.15) is 0 Å². The van der Waals surface area contributed by atoms with E-state index in [0.29, 0.717) is 0 Å². The van der Waals surface area contributed by atoms with Crippen LogP contribution in [0.1, 0.15) is 26.2 Å². The molecule has 3 nitrogen and oxygen atoms in total. The first-order valence-electron chi connectivity index (χ1n) is 5.40. The van der Waals surface area contributed by atoms with Gasteiger partial charge in [-0.3, -0.25) is 4.79 Å². The van der Waals surface area contributed by atoms with E-state index in [2.05, 4.69) is 11.9 Å². The maximum absolute atomic E-state index is 11.2. The van der Waals surface area contributed by atoms with E-state index in [4.69, 9.17) is 4.74 Å². The van der Waals surface area contributed by atoms with Crippen molar-refractivity contribution in [3.63, 3.8) is 0 Å². The molecule has 1 atom stereocenters. The number of carbonyl (C=O) groups excluding carboxylic acids is 1. The maximum atomic E-state index is 11.2. The van der Waals surface area contributed by atoms with Crippen LogP contribution in [0.3, 0.4) is 0 Å². The highest BCUT2D eigenvalue weighted by atomic mass is 16.5. The fourth-order valence-electron chi connectivity index (χ4n) is 1.93. The molecule has 0 spiro atoms. The maximum Gasteiger partial charge on any atom is 0.309 e. The van der Waals surface area contributed by atoms with Gasteiger partial charge in [0.25, 0.3) is 0 Å². The predicted octanol–water partition coefficient (Wildman–Crippen LogP) is 1.53. The topological polar surface area (TPSA) is 29.5 Å². The first-order chi connectivity index (χ1) is 6.63. The molecular formula is C11H21NO2. The number of nitrogens with zero attached hydrogens (tertiary/aromatic N) is 1. The van der Waals surface area contributed by atoms with Crippen LogP contribution >= 0.6 is 0 Å². The lowest BCUT2D eigenvalue weighted by Gasteiger charge is -2.30. The van der Waals surface area contributed by atoms with E-state index < -0.39 is 0 Å². The Balaban J connectivity index is 2.17. The third-order valence-corrected chi connectivity index (χ3v) is 2.98. The summed E-state index contributed by atoms with van der Waals surface area (Å²) in [5.74, 6) is 0.750. The molecule has 0 N–H and O–H groups in total. The summed E-state index contributed by atoms with van der Waals surface area (Å²) in [5.41, 5.74) is 0. The van der Waals surface area contributed by atoms with Crippen molar-refractivity contribution in [1.29, 1.82) is 0 Å². The number of hydrogen-bond acceptors (Lipinski definition) is 3. The molecule has 0 saturated heterocycles. The second kappa shape index (κ2) is 5.35. The van der Waals surface area contributed by atoms with Crippen molar-refractivity contribution in [2.24, 2.45) is 11.8 Å². The van der Waals surface area contributed by atoms with Crippen LogP contribution in [0.2, 0.25) is 0 Å². The molecule has 1 aliphatic rings. The Hall–Kier alpha value is -0.570. The first kappa shape index (κ1) is 11.5. The predicted molar refractivity (Wildman–Crippen MR) is 56.0 cm³/mol. The van der Waals surface area contributed by atoms with Crippen molar-refractivity contribution in [1.82, 2.24) is 4.90 Å². The van der Waals surface area contributed by atoms with E-state index in [9.17, 15) is 4.79 Å². The zero-order valence-electron chi connectivity index (χ0n) is 9.45. The quantitative estimate of drug-likeness (QED) is 0.629. The van der Waals surface area contributed by atoms with E-state index >= 15 is 0 Å². The molecule has 1 rings (SSSR count). The Morgan fingerprint density at radius 3 is 2.64 bits per heavy atom. The lowest BCUT2D eigenvalue weighted by Crippen LogP contribution is -2.34. The van der Waals surface area contributed by atoms with Crippen molar-refractivity contribution in [3.8, 4) is 0 Å². The number of rotatable bonds is 5. The highest BCUT2D eigenvalue weighted by Crippen LogP contribution is 2.26. The minimum atomic E-state index is -0.106. The zero-order chi connectivity index (χ0) is 10.6. The first-order valence-corrected chi connectivity index (χ1v) is 5.40. The lowest BCUT2D eigenvalue weighted by atomic mass is 9.85. The second-order valence-corrected chi connectivity index (χ2v) is 4.44. The average molecular weight is 199 g/mol. The molecular weight excluding hydrogens is 178 g/mol. The number of carbonyl (C=O) groups is 1. The molecule has 0 aromatic heterocycles. The Morgan fingerprint density at radius 2 is 2.21 bits per heavy atom. The van der Waals surface area contributed by atoms with Crippen molar-refractivity contribution in [3.05, 3.63) is 0 Å². The Morgan fingerprint density at radius 1 is 1.57 bits per heavy atom. The van der Waals surface area contributed by atoms with E-state index in [1.54, 1.807) is 0 Å². The van der Waals surface area contributed by atoms with Crippen molar-refractivity contribution in [2.45, 2.75) is 26.2 Å². The molecule has 3 heteroatoms. The molecule has 0 aromatic rings. The highest BCUT2D eigenvalue weighted by Gasteiger charge is 2.21. The summed E-state index contributed by atoms with van der Waals surface area (Å²) in [7, 11) is 3.53. The Labute approximate surface area is 86.4 Å². The van der Waals surface area contributed by atoms with Crippen LogP contribution in [0.25, 0.3) is 0 Å². The zero-order valence-corrected chi connectivity index (χ0v) is 9.45. The number of methoxy groups -OCH3 is 1. The highest BCUT2D eigenvalue weighted by molar-refractivity contribution is 5.71. The minimum absolute atomic E-state index is 0.00919. The van der Waals surface area contributed by atoms with Crippen LogP contribution in [0.5, 0.6) is 0 Å². The van der Waals surface area contributed by atoms with Crippen LogP contribution in [0, 0.1) is 11.8 Å². The third kappa shape index (κ3) is 3.29. The molecule has 0 aliphatic heterocycles. The van der Waals surface area contributed by atoms with Crippen LogP contribution in [0.4, 0.5) is 0 Å². The van der Waals surface area contributed by atoms with Crippen LogP contribution in [-0.2, 0) is 9.53 Å². The summed E-state index contributed by atoms with van der Waals surface area (Å²) in [5, 5.41) is 0. The molecule has 0 radical (unpaired) electrons. The van der Waals surface area contributed by atoms with Crippen molar-refractivity contribution >= 4 is 5.97 Å². The van der Waals surface area contributed by atoms with Crippen LogP contribution in [0.15, 0.2) is 0 Å². The summed E-state index contributed by atoms with van der Waals surface area (Å²) in [6.07, 6.45) is 4.10. The van der Waals surface area contributed by atoms with Gasteiger partial charge in [0.15, 0.2) is 0 Å². The summed E-state index contributed by atoms with van der Waals surface area (Å²) < 4.78 is 4.69. The molecule has 1 fully saturated rings. The van der Waals surface area contributed by atoms with E-state index in [-0.39, 0.29) is 11.9 Å². The van der Waals surface area contributed by atoms with Gasteiger partial charge in [-0.2, -0.15) is 0 Å². The van der Waals surface area contributed by atoms with E-state index in [1.165, 1.54) is 26.4 Å². The molecule has 0 amide bonds. The minimum Gasteiger partial charge on any atom is -0.469 e. The van der Waals surface area contributed by atoms with Crippen molar-refractivity contribution in [2.75, 3.05) is 27.2 Å².